The van der Waals surface area contributed by atoms with E-state index in [-0.39, 0.29) is 12.3 Å². The number of methoxy groups -OCH3 is 2. The Labute approximate surface area is 164 Å². The maximum absolute atomic E-state index is 5.43. The molecule has 3 aromatic rings. The monoisotopic (exact) mass is 373 g/mol. The number of nitrogens with one attached hydrogen (secondary N) is 2. The number of hydrogen-bond donors (Lipinski definition) is 2. The molecular weight excluding hydrogens is 350 g/mol. The number of rotatable bonds is 4. The molecule has 2 heterocycles. The van der Waals surface area contributed by atoms with Crippen LogP contribution in [0.3, 0.4) is 0 Å². The van der Waals surface area contributed by atoms with Gasteiger partial charge >= 0.3 is 0 Å². The van der Waals surface area contributed by atoms with Gasteiger partial charge in [0.25, 0.3) is 0 Å². The van der Waals surface area contributed by atoms with Crippen molar-refractivity contribution in [3.8, 4) is 11.5 Å². The molecule has 0 unspecified atom stereocenters. The maximum atomic E-state index is 5.43. The van der Waals surface area contributed by atoms with Crippen molar-refractivity contribution in [3.63, 3.8) is 0 Å². The zero-order valence-corrected chi connectivity index (χ0v) is 16.0. The molecule has 3 aromatic carbocycles. The van der Waals surface area contributed by atoms with E-state index in [2.05, 4.69) is 70.1 Å². The molecule has 0 fully saturated rings. The second-order valence-corrected chi connectivity index (χ2v) is 7.16. The van der Waals surface area contributed by atoms with Crippen LogP contribution in [0, 0.1) is 0 Å². The zero-order chi connectivity index (χ0) is 19.1. The standard InChI is InChI=1S/C23H23N3O2/c1-27-16-8-10-18-20(12-16)24-23-19-11-9-17(28-2)13-21(19)25-22(18)26(23)14-15-6-4-3-5-7-15/h3-13,22-25H,14H2,1-2H3/t22-,23-/m1/s1. The minimum absolute atomic E-state index is 0.0620. The van der Waals surface area contributed by atoms with Gasteiger partial charge in [-0.2, -0.15) is 0 Å². The molecule has 2 aliphatic heterocycles. The quantitative estimate of drug-likeness (QED) is 0.691. The van der Waals surface area contributed by atoms with Gasteiger partial charge in [0, 0.05) is 41.2 Å². The highest BCUT2D eigenvalue weighted by Crippen LogP contribution is 2.48. The Kier molecular flexibility index (Phi) is 4.10. The van der Waals surface area contributed by atoms with Gasteiger partial charge < -0.3 is 20.1 Å². The van der Waals surface area contributed by atoms with Crippen LogP contribution in [-0.4, -0.2) is 19.1 Å². The van der Waals surface area contributed by atoms with Crippen LogP contribution in [0.15, 0.2) is 66.7 Å². The van der Waals surface area contributed by atoms with Crippen molar-refractivity contribution in [2.45, 2.75) is 18.9 Å². The molecule has 5 rings (SSSR count). The van der Waals surface area contributed by atoms with E-state index in [4.69, 9.17) is 9.47 Å². The lowest BCUT2D eigenvalue weighted by Gasteiger charge is -2.49. The molecule has 0 saturated heterocycles. The van der Waals surface area contributed by atoms with Crippen LogP contribution in [0.2, 0.25) is 0 Å². The molecule has 2 N–H and O–H groups in total. The van der Waals surface area contributed by atoms with Gasteiger partial charge in [-0.1, -0.05) is 30.3 Å². The van der Waals surface area contributed by atoms with E-state index >= 15 is 0 Å². The minimum atomic E-state index is 0.0620. The van der Waals surface area contributed by atoms with Crippen molar-refractivity contribution in [3.05, 3.63) is 83.4 Å². The van der Waals surface area contributed by atoms with Crippen molar-refractivity contribution in [2.24, 2.45) is 0 Å². The van der Waals surface area contributed by atoms with Gasteiger partial charge in [0.15, 0.2) is 0 Å². The smallest absolute Gasteiger partial charge is 0.120 e. The Hall–Kier alpha value is -3.18. The van der Waals surface area contributed by atoms with Crippen molar-refractivity contribution in [2.75, 3.05) is 24.9 Å². The number of anilines is 2. The van der Waals surface area contributed by atoms with Crippen molar-refractivity contribution < 1.29 is 9.47 Å². The molecule has 142 valence electrons. The molecule has 0 aliphatic carbocycles. The first kappa shape index (κ1) is 17.0. The van der Waals surface area contributed by atoms with Gasteiger partial charge in [-0.3, -0.25) is 4.90 Å². The van der Waals surface area contributed by atoms with Gasteiger partial charge in [-0.15, -0.1) is 0 Å². The van der Waals surface area contributed by atoms with Gasteiger partial charge in [-0.05, 0) is 29.8 Å². The molecule has 5 nitrogen and oxygen atoms in total. The summed E-state index contributed by atoms with van der Waals surface area (Å²) in [6.07, 6.45) is 0.124. The number of hydrogen-bond acceptors (Lipinski definition) is 5. The summed E-state index contributed by atoms with van der Waals surface area (Å²) in [5.41, 5.74) is 5.91. The highest BCUT2D eigenvalue weighted by atomic mass is 16.5. The Morgan fingerprint density at radius 2 is 1.29 bits per heavy atom. The third-order valence-corrected chi connectivity index (χ3v) is 5.57. The number of ether oxygens (including phenoxy) is 2. The topological polar surface area (TPSA) is 45.8 Å². The maximum Gasteiger partial charge on any atom is 0.120 e. The van der Waals surface area contributed by atoms with Crippen LogP contribution < -0.4 is 20.1 Å². The third-order valence-electron chi connectivity index (χ3n) is 5.57. The zero-order valence-electron chi connectivity index (χ0n) is 16.0. The number of nitrogens with zero attached hydrogens (tertiary/aromatic N) is 1. The largest absolute Gasteiger partial charge is 0.497 e. The van der Waals surface area contributed by atoms with Crippen molar-refractivity contribution in [1.29, 1.82) is 0 Å². The summed E-state index contributed by atoms with van der Waals surface area (Å²) < 4.78 is 10.9. The first-order valence-electron chi connectivity index (χ1n) is 9.45. The second-order valence-electron chi connectivity index (χ2n) is 7.16. The molecule has 0 aromatic heterocycles. The number of benzene rings is 3. The van der Waals surface area contributed by atoms with Crippen LogP contribution in [0.4, 0.5) is 11.4 Å². The van der Waals surface area contributed by atoms with Gasteiger partial charge in [0.1, 0.15) is 23.8 Å². The van der Waals surface area contributed by atoms with Crippen LogP contribution >= 0.6 is 0 Å². The highest BCUT2D eigenvalue weighted by Gasteiger charge is 2.40. The molecule has 2 atom stereocenters. The molecule has 0 amide bonds. The van der Waals surface area contributed by atoms with Gasteiger partial charge in [0.05, 0.1) is 14.2 Å². The minimum Gasteiger partial charge on any atom is -0.497 e. The first-order valence-corrected chi connectivity index (χ1v) is 9.45. The Bertz CT molecular complexity index is 944. The summed E-state index contributed by atoms with van der Waals surface area (Å²) in [4.78, 5) is 2.46. The molecule has 2 bridgehead atoms. The summed E-state index contributed by atoms with van der Waals surface area (Å²) in [6, 6.07) is 23.0. The Balaban J connectivity index is 1.60. The van der Waals surface area contributed by atoms with Crippen LogP contribution in [0.1, 0.15) is 29.0 Å². The summed E-state index contributed by atoms with van der Waals surface area (Å²) in [5.74, 6) is 1.71. The van der Waals surface area contributed by atoms with E-state index in [1.54, 1.807) is 14.2 Å². The first-order chi connectivity index (χ1) is 13.8. The predicted molar refractivity (Wildman–Crippen MR) is 111 cm³/mol. The van der Waals surface area contributed by atoms with Crippen LogP contribution in [-0.2, 0) is 6.54 Å². The Morgan fingerprint density at radius 3 is 1.79 bits per heavy atom. The molecule has 2 aliphatic rings. The third kappa shape index (κ3) is 2.75. The van der Waals surface area contributed by atoms with E-state index in [0.29, 0.717) is 0 Å². The van der Waals surface area contributed by atoms with Crippen molar-refractivity contribution in [1.82, 2.24) is 4.90 Å². The lowest BCUT2D eigenvalue weighted by Crippen LogP contribution is -2.47. The normalized spacial score (nSPS) is 19.6. The van der Waals surface area contributed by atoms with E-state index in [1.165, 1.54) is 16.7 Å². The van der Waals surface area contributed by atoms with Gasteiger partial charge in [-0.25, -0.2) is 0 Å². The molecule has 5 heteroatoms. The average molecular weight is 373 g/mol. The van der Waals surface area contributed by atoms with Crippen molar-refractivity contribution >= 4 is 11.4 Å². The Morgan fingerprint density at radius 1 is 0.750 bits per heavy atom. The summed E-state index contributed by atoms with van der Waals surface area (Å²) in [5, 5.41) is 7.46. The SMILES string of the molecule is COc1ccc2c(c1)N[C@H]1c3ccc(OC)cc3N[C@@H]2N1Cc1ccccc1. The van der Waals surface area contributed by atoms with Crippen LogP contribution in [0.25, 0.3) is 0 Å². The lowest BCUT2D eigenvalue weighted by atomic mass is 9.95. The predicted octanol–water partition coefficient (Wildman–Crippen LogP) is 4.75. The van der Waals surface area contributed by atoms with E-state index < -0.39 is 0 Å². The fourth-order valence-electron chi connectivity index (χ4n) is 4.15. The van der Waals surface area contributed by atoms with Gasteiger partial charge in [0.2, 0.25) is 0 Å². The summed E-state index contributed by atoms with van der Waals surface area (Å²) in [7, 11) is 3.40. The number of fused-ring (bicyclic) bond motifs is 6. The lowest BCUT2D eigenvalue weighted by molar-refractivity contribution is 0.138. The molecule has 0 saturated carbocycles. The molecule has 0 radical (unpaired) electrons. The fraction of sp³-hybridized carbons (Fsp3) is 0.217. The molecular formula is C23H23N3O2. The molecule has 0 spiro atoms. The van der Waals surface area contributed by atoms with E-state index in [1.807, 2.05) is 12.1 Å². The summed E-state index contributed by atoms with van der Waals surface area (Å²) in [6.45, 7) is 0.840. The summed E-state index contributed by atoms with van der Waals surface area (Å²) >= 11 is 0. The second kappa shape index (κ2) is 6.77. The van der Waals surface area contributed by atoms with E-state index in [0.717, 1.165) is 29.4 Å². The van der Waals surface area contributed by atoms with Crippen LogP contribution in [0.5, 0.6) is 11.5 Å². The molecule has 28 heavy (non-hydrogen) atoms. The average Bonchev–Trinajstić information content (AvgIpc) is 2.74. The highest BCUT2D eigenvalue weighted by molar-refractivity contribution is 5.68. The fourth-order valence-corrected chi connectivity index (χ4v) is 4.15. The van der Waals surface area contributed by atoms with E-state index in [9.17, 15) is 0 Å².